The minimum atomic E-state index is -0.00342. The van der Waals surface area contributed by atoms with Gasteiger partial charge in [-0.05, 0) is 35.7 Å². The van der Waals surface area contributed by atoms with Crippen molar-refractivity contribution in [2.24, 2.45) is 5.84 Å². The molecule has 5 nitrogen and oxygen atoms in total. The lowest BCUT2D eigenvalue weighted by molar-refractivity contribution is 0.550. The molecule has 0 aliphatic heterocycles. The van der Waals surface area contributed by atoms with E-state index in [0.717, 1.165) is 22.9 Å². The van der Waals surface area contributed by atoms with E-state index in [9.17, 15) is 0 Å². The molecule has 0 saturated heterocycles. The van der Waals surface area contributed by atoms with Gasteiger partial charge in [-0.3, -0.25) is 16.3 Å². The quantitative estimate of drug-likeness (QED) is 0.555. The van der Waals surface area contributed by atoms with Gasteiger partial charge >= 0.3 is 0 Å². The smallest absolute Gasteiger partial charge is 0.0704 e. The van der Waals surface area contributed by atoms with E-state index in [1.165, 1.54) is 5.56 Å². The number of hydrogen-bond acceptors (Lipinski definition) is 5. The summed E-state index contributed by atoms with van der Waals surface area (Å²) in [5.41, 5.74) is 6.06. The summed E-state index contributed by atoms with van der Waals surface area (Å²) in [6.07, 6.45) is 6.00. The van der Waals surface area contributed by atoms with Gasteiger partial charge in [0.1, 0.15) is 0 Å². The van der Waals surface area contributed by atoms with Crippen LogP contribution >= 0.6 is 0 Å². The van der Waals surface area contributed by atoms with Crippen molar-refractivity contribution in [3.05, 3.63) is 66.1 Å². The molecule has 0 radical (unpaired) electrons. The first-order valence-corrected chi connectivity index (χ1v) is 6.44. The molecule has 0 aliphatic carbocycles. The Morgan fingerprint density at radius 2 is 1.95 bits per heavy atom. The number of pyridine rings is 1. The van der Waals surface area contributed by atoms with Crippen molar-refractivity contribution in [1.82, 2.24) is 20.6 Å². The summed E-state index contributed by atoms with van der Waals surface area (Å²) in [7, 11) is 0. The maximum Gasteiger partial charge on any atom is 0.0704 e. The number of hydrazine groups is 1. The number of benzene rings is 1. The highest BCUT2D eigenvalue weighted by Crippen LogP contribution is 2.22. The van der Waals surface area contributed by atoms with E-state index in [1.54, 1.807) is 12.4 Å². The van der Waals surface area contributed by atoms with E-state index in [2.05, 4.69) is 26.7 Å². The molecule has 1 atom stereocenters. The molecule has 1 unspecified atom stereocenters. The largest absolute Gasteiger partial charge is 0.271 e. The topological polar surface area (TPSA) is 76.7 Å². The molecule has 0 amide bonds. The molecule has 2 heterocycles. The highest BCUT2D eigenvalue weighted by Gasteiger charge is 2.12. The summed E-state index contributed by atoms with van der Waals surface area (Å²) in [4.78, 5) is 4.37. The number of fused-ring (bicyclic) bond motifs is 1. The average molecular weight is 265 g/mol. The van der Waals surface area contributed by atoms with Crippen LogP contribution in [-0.4, -0.2) is 15.2 Å². The van der Waals surface area contributed by atoms with Crippen molar-refractivity contribution in [2.75, 3.05) is 0 Å². The lowest BCUT2D eigenvalue weighted by atomic mass is 9.98. The molecule has 0 saturated carbocycles. The molecule has 5 heteroatoms. The van der Waals surface area contributed by atoms with Gasteiger partial charge in [-0.25, -0.2) is 0 Å². The van der Waals surface area contributed by atoms with Crippen LogP contribution in [0.2, 0.25) is 0 Å². The third-order valence-corrected chi connectivity index (χ3v) is 3.37. The van der Waals surface area contributed by atoms with Crippen LogP contribution in [0, 0.1) is 0 Å². The molecular weight excluding hydrogens is 250 g/mol. The SMILES string of the molecule is NNC(Cc1ccnc2ccccc12)c1ccnnc1. The maximum atomic E-state index is 5.68. The van der Waals surface area contributed by atoms with E-state index in [0.29, 0.717) is 0 Å². The van der Waals surface area contributed by atoms with Gasteiger partial charge in [0, 0.05) is 17.8 Å². The van der Waals surface area contributed by atoms with E-state index in [4.69, 9.17) is 5.84 Å². The molecular formula is C15H15N5. The average Bonchev–Trinajstić information content (AvgIpc) is 2.53. The fourth-order valence-corrected chi connectivity index (χ4v) is 2.33. The van der Waals surface area contributed by atoms with Crippen LogP contribution in [0.25, 0.3) is 10.9 Å². The first-order valence-electron chi connectivity index (χ1n) is 6.44. The predicted octanol–water partition coefficient (Wildman–Crippen LogP) is 1.77. The molecule has 0 spiro atoms. The zero-order chi connectivity index (χ0) is 13.8. The first kappa shape index (κ1) is 12.7. The second-order valence-corrected chi connectivity index (χ2v) is 4.59. The van der Waals surface area contributed by atoms with Gasteiger partial charge < -0.3 is 0 Å². The summed E-state index contributed by atoms with van der Waals surface area (Å²) in [6.45, 7) is 0. The van der Waals surface area contributed by atoms with Crippen LogP contribution in [-0.2, 0) is 6.42 Å². The normalized spacial score (nSPS) is 12.4. The Labute approximate surface area is 116 Å². The second-order valence-electron chi connectivity index (χ2n) is 4.59. The van der Waals surface area contributed by atoms with Crippen LogP contribution < -0.4 is 11.3 Å². The zero-order valence-electron chi connectivity index (χ0n) is 10.9. The third-order valence-electron chi connectivity index (χ3n) is 3.37. The molecule has 3 rings (SSSR count). The lowest BCUT2D eigenvalue weighted by Crippen LogP contribution is -2.29. The number of aromatic nitrogens is 3. The number of rotatable bonds is 4. The van der Waals surface area contributed by atoms with Crippen LogP contribution in [0.4, 0.5) is 0 Å². The van der Waals surface area contributed by atoms with Gasteiger partial charge in [0.2, 0.25) is 0 Å². The van der Waals surface area contributed by atoms with Gasteiger partial charge in [-0.2, -0.15) is 10.2 Å². The van der Waals surface area contributed by atoms with E-state index >= 15 is 0 Å². The minimum absolute atomic E-state index is 0.00342. The van der Waals surface area contributed by atoms with Crippen molar-refractivity contribution in [3.8, 4) is 0 Å². The van der Waals surface area contributed by atoms with Crippen molar-refractivity contribution >= 4 is 10.9 Å². The Bertz CT molecular complexity index is 693. The number of nitrogens with two attached hydrogens (primary N) is 1. The molecule has 0 fully saturated rings. The fraction of sp³-hybridized carbons (Fsp3) is 0.133. The third kappa shape index (κ3) is 2.49. The molecule has 0 aliphatic rings. The number of hydrogen-bond donors (Lipinski definition) is 2. The maximum absolute atomic E-state index is 5.68. The monoisotopic (exact) mass is 265 g/mol. The van der Waals surface area contributed by atoms with Crippen molar-refractivity contribution in [1.29, 1.82) is 0 Å². The van der Waals surface area contributed by atoms with Gasteiger partial charge in [0.25, 0.3) is 0 Å². The van der Waals surface area contributed by atoms with Crippen LogP contribution in [0.3, 0.4) is 0 Å². The first-order chi connectivity index (χ1) is 9.88. The highest BCUT2D eigenvalue weighted by atomic mass is 15.2. The Morgan fingerprint density at radius 3 is 2.75 bits per heavy atom. The molecule has 3 aromatic rings. The molecule has 2 aromatic heterocycles. The number of nitrogens with zero attached hydrogens (tertiary/aromatic N) is 3. The highest BCUT2D eigenvalue weighted by molar-refractivity contribution is 5.81. The van der Waals surface area contributed by atoms with Crippen molar-refractivity contribution in [3.63, 3.8) is 0 Å². The second kappa shape index (κ2) is 5.73. The molecule has 0 bridgehead atoms. The van der Waals surface area contributed by atoms with Crippen LogP contribution in [0.5, 0.6) is 0 Å². The fourth-order valence-electron chi connectivity index (χ4n) is 2.33. The van der Waals surface area contributed by atoms with Gasteiger partial charge in [-0.1, -0.05) is 18.2 Å². The number of nitrogens with one attached hydrogen (secondary N) is 1. The van der Waals surface area contributed by atoms with Crippen molar-refractivity contribution < 1.29 is 0 Å². The van der Waals surface area contributed by atoms with Crippen molar-refractivity contribution in [2.45, 2.75) is 12.5 Å². The van der Waals surface area contributed by atoms with E-state index in [-0.39, 0.29) is 6.04 Å². The Morgan fingerprint density at radius 1 is 1.05 bits per heavy atom. The zero-order valence-corrected chi connectivity index (χ0v) is 10.9. The molecule has 100 valence electrons. The van der Waals surface area contributed by atoms with E-state index in [1.807, 2.05) is 36.5 Å². The minimum Gasteiger partial charge on any atom is -0.271 e. The van der Waals surface area contributed by atoms with Crippen LogP contribution in [0.1, 0.15) is 17.2 Å². The molecule has 3 N–H and O–H groups in total. The predicted molar refractivity (Wildman–Crippen MR) is 77.5 cm³/mol. The molecule has 1 aromatic carbocycles. The van der Waals surface area contributed by atoms with Crippen LogP contribution in [0.15, 0.2) is 55.0 Å². The lowest BCUT2D eigenvalue weighted by Gasteiger charge is -2.16. The Hall–Kier alpha value is -2.37. The summed E-state index contributed by atoms with van der Waals surface area (Å²) in [5, 5.41) is 8.84. The summed E-state index contributed by atoms with van der Waals surface area (Å²) >= 11 is 0. The molecule has 20 heavy (non-hydrogen) atoms. The van der Waals surface area contributed by atoms with Gasteiger partial charge in [0.05, 0.1) is 17.8 Å². The van der Waals surface area contributed by atoms with Gasteiger partial charge in [-0.15, -0.1) is 0 Å². The standard InChI is InChI=1S/C15H15N5/c16-20-15(12-6-8-18-19-10-12)9-11-5-7-17-14-4-2-1-3-13(11)14/h1-8,10,15,20H,9,16H2. The summed E-state index contributed by atoms with van der Waals surface area (Å²) < 4.78 is 0. The Kier molecular flexibility index (Phi) is 3.62. The summed E-state index contributed by atoms with van der Waals surface area (Å²) in [5.74, 6) is 5.68. The number of para-hydroxylation sites is 1. The summed E-state index contributed by atoms with van der Waals surface area (Å²) in [6, 6.07) is 12.0. The van der Waals surface area contributed by atoms with Gasteiger partial charge in [0.15, 0.2) is 0 Å². The Balaban J connectivity index is 1.96. The van der Waals surface area contributed by atoms with E-state index < -0.39 is 0 Å².